The van der Waals surface area contributed by atoms with Crippen molar-refractivity contribution in [1.29, 1.82) is 0 Å². The standard InChI is InChI=1S/C12H9BrClNO2S/c13-9-5-8(14)1-2-10(9)15-6-7-3-4-18-11(7)12(16)17/h1-5,15H,6H2,(H,16,17). The lowest BCUT2D eigenvalue weighted by molar-refractivity contribution is 0.0701. The molecule has 0 fully saturated rings. The van der Waals surface area contributed by atoms with Crippen LogP contribution in [0.2, 0.25) is 5.02 Å². The van der Waals surface area contributed by atoms with Crippen LogP contribution in [0.15, 0.2) is 34.1 Å². The van der Waals surface area contributed by atoms with Crippen molar-refractivity contribution in [1.82, 2.24) is 0 Å². The van der Waals surface area contributed by atoms with Crippen LogP contribution in [0.25, 0.3) is 0 Å². The normalized spacial score (nSPS) is 10.3. The highest BCUT2D eigenvalue weighted by molar-refractivity contribution is 9.10. The predicted octanol–water partition coefficient (Wildman–Crippen LogP) is 4.47. The van der Waals surface area contributed by atoms with E-state index in [9.17, 15) is 4.79 Å². The van der Waals surface area contributed by atoms with E-state index in [0.29, 0.717) is 16.4 Å². The fourth-order valence-corrected chi connectivity index (χ4v) is 3.07. The number of carbonyl (C=O) groups is 1. The van der Waals surface area contributed by atoms with E-state index in [1.54, 1.807) is 17.5 Å². The van der Waals surface area contributed by atoms with Gasteiger partial charge >= 0.3 is 5.97 Å². The first-order valence-electron chi connectivity index (χ1n) is 5.06. The van der Waals surface area contributed by atoms with Crippen LogP contribution in [0.4, 0.5) is 5.69 Å². The summed E-state index contributed by atoms with van der Waals surface area (Å²) in [6.07, 6.45) is 0. The Bertz CT molecular complexity index is 585. The van der Waals surface area contributed by atoms with Crippen LogP contribution in [0.1, 0.15) is 15.2 Å². The van der Waals surface area contributed by atoms with Gasteiger partial charge in [0.25, 0.3) is 0 Å². The number of carboxylic acids is 1. The van der Waals surface area contributed by atoms with Crippen molar-refractivity contribution in [3.8, 4) is 0 Å². The number of hydrogen-bond acceptors (Lipinski definition) is 3. The van der Waals surface area contributed by atoms with Gasteiger partial charge in [-0.1, -0.05) is 11.6 Å². The number of aromatic carboxylic acids is 1. The Balaban J connectivity index is 2.11. The third-order valence-electron chi connectivity index (χ3n) is 2.34. The topological polar surface area (TPSA) is 49.3 Å². The van der Waals surface area contributed by atoms with Crippen molar-refractivity contribution in [3.63, 3.8) is 0 Å². The van der Waals surface area contributed by atoms with Crippen LogP contribution in [0, 0.1) is 0 Å². The van der Waals surface area contributed by atoms with Gasteiger partial charge in [0.1, 0.15) is 4.88 Å². The van der Waals surface area contributed by atoms with E-state index in [-0.39, 0.29) is 0 Å². The highest BCUT2D eigenvalue weighted by Gasteiger charge is 2.11. The average molecular weight is 347 g/mol. The molecule has 0 aliphatic heterocycles. The Morgan fingerprint density at radius 1 is 1.44 bits per heavy atom. The van der Waals surface area contributed by atoms with Crippen LogP contribution in [-0.4, -0.2) is 11.1 Å². The highest BCUT2D eigenvalue weighted by Crippen LogP contribution is 2.27. The highest BCUT2D eigenvalue weighted by atomic mass is 79.9. The van der Waals surface area contributed by atoms with E-state index in [4.69, 9.17) is 16.7 Å². The van der Waals surface area contributed by atoms with E-state index in [1.807, 2.05) is 12.1 Å². The molecule has 3 nitrogen and oxygen atoms in total. The first-order valence-corrected chi connectivity index (χ1v) is 7.11. The molecule has 0 unspecified atom stereocenters. The summed E-state index contributed by atoms with van der Waals surface area (Å²) in [7, 11) is 0. The number of anilines is 1. The number of rotatable bonds is 4. The van der Waals surface area contributed by atoms with Gasteiger partial charge in [0.05, 0.1) is 0 Å². The van der Waals surface area contributed by atoms with Crippen molar-refractivity contribution in [2.75, 3.05) is 5.32 Å². The molecule has 0 saturated carbocycles. The molecule has 2 aromatic rings. The minimum Gasteiger partial charge on any atom is -0.477 e. The summed E-state index contributed by atoms with van der Waals surface area (Å²) >= 11 is 10.5. The molecule has 0 aliphatic carbocycles. The van der Waals surface area contributed by atoms with Crippen molar-refractivity contribution in [3.05, 3.63) is 49.6 Å². The summed E-state index contributed by atoms with van der Waals surface area (Å²) in [5.41, 5.74) is 1.65. The lowest BCUT2D eigenvalue weighted by atomic mass is 10.2. The lowest BCUT2D eigenvalue weighted by Crippen LogP contribution is -2.04. The molecule has 0 saturated heterocycles. The number of thiophene rings is 1. The van der Waals surface area contributed by atoms with Gasteiger partial charge < -0.3 is 10.4 Å². The smallest absolute Gasteiger partial charge is 0.346 e. The second-order valence-electron chi connectivity index (χ2n) is 3.56. The molecule has 0 amide bonds. The number of halogens is 2. The lowest BCUT2D eigenvalue weighted by Gasteiger charge is -2.08. The Kier molecular flexibility index (Phi) is 4.27. The SMILES string of the molecule is O=C(O)c1sccc1CNc1ccc(Cl)cc1Br. The van der Waals surface area contributed by atoms with Gasteiger partial charge in [-0.05, 0) is 51.1 Å². The second-order valence-corrected chi connectivity index (χ2v) is 5.76. The minimum atomic E-state index is -0.892. The monoisotopic (exact) mass is 345 g/mol. The maximum atomic E-state index is 11.0. The quantitative estimate of drug-likeness (QED) is 0.858. The van der Waals surface area contributed by atoms with Gasteiger partial charge in [-0.25, -0.2) is 4.79 Å². The Morgan fingerprint density at radius 2 is 2.22 bits per heavy atom. The maximum absolute atomic E-state index is 11.0. The molecule has 2 N–H and O–H groups in total. The number of hydrogen-bond donors (Lipinski definition) is 2. The maximum Gasteiger partial charge on any atom is 0.346 e. The molecule has 1 heterocycles. The van der Waals surface area contributed by atoms with Crippen LogP contribution < -0.4 is 5.32 Å². The zero-order chi connectivity index (χ0) is 13.1. The molecule has 0 aliphatic rings. The van der Waals surface area contributed by atoms with Crippen molar-refractivity contribution < 1.29 is 9.90 Å². The number of nitrogens with one attached hydrogen (secondary N) is 1. The molecule has 1 aromatic heterocycles. The van der Waals surface area contributed by atoms with Gasteiger partial charge in [-0.3, -0.25) is 0 Å². The summed E-state index contributed by atoms with van der Waals surface area (Å²) in [5, 5.41) is 14.6. The van der Waals surface area contributed by atoms with Crippen LogP contribution in [0.5, 0.6) is 0 Å². The first kappa shape index (κ1) is 13.4. The molecular weight excluding hydrogens is 338 g/mol. The molecule has 0 spiro atoms. The Morgan fingerprint density at radius 3 is 2.89 bits per heavy atom. The van der Waals surface area contributed by atoms with E-state index in [2.05, 4.69) is 21.2 Å². The molecule has 0 radical (unpaired) electrons. The van der Waals surface area contributed by atoms with Gasteiger partial charge in [0.15, 0.2) is 0 Å². The molecule has 0 bridgehead atoms. The molecule has 2 rings (SSSR count). The Labute approximate surface area is 122 Å². The molecule has 0 atom stereocenters. The van der Waals surface area contributed by atoms with Gasteiger partial charge in [0, 0.05) is 21.7 Å². The number of benzene rings is 1. The third-order valence-corrected chi connectivity index (χ3v) is 4.18. The first-order chi connectivity index (χ1) is 8.58. The second kappa shape index (κ2) is 5.73. The molecule has 6 heteroatoms. The molecule has 1 aromatic carbocycles. The van der Waals surface area contributed by atoms with E-state index >= 15 is 0 Å². The van der Waals surface area contributed by atoms with E-state index in [1.165, 1.54) is 11.3 Å². The number of carboxylic acid groups (broad SMARTS) is 1. The molecule has 18 heavy (non-hydrogen) atoms. The summed E-state index contributed by atoms with van der Waals surface area (Å²) in [6, 6.07) is 7.22. The summed E-state index contributed by atoms with van der Waals surface area (Å²) in [6.45, 7) is 0.464. The zero-order valence-corrected chi connectivity index (χ0v) is 12.3. The predicted molar refractivity (Wildman–Crippen MR) is 77.8 cm³/mol. The average Bonchev–Trinajstić information content (AvgIpc) is 2.76. The van der Waals surface area contributed by atoms with E-state index in [0.717, 1.165) is 15.7 Å². The van der Waals surface area contributed by atoms with Gasteiger partial charge in [0.2, 0.25) is 0 Å². The molecule has 94 valence electrons. The van der Waals surface area contributed by atoms with Crippen molar-refractivity contribution in [2.45, 2.75) is 6.54 Å². The van der Waals surface area contributed by atoms with Crippen LogP contribution >= 0.6 is 38.9 Å². The molecular formula is C12H9BrClNO2S. The fourth-order valence-electron chi connectivity index (χ4n) is 1.49. The zero-order valence-electron chi connectivity index (χ0n) is 9.11. The van der Waals surface area contributed by atoms with Crippen molar-refractivity contribution in [2.24, 2.45) is 0 Å². The summed E-state index contributed by atoms with van der Waals surface area (Å²) in [5.74, 6) is -0.892. The van der Waals surface area contributed by atoms with Crippen LogP contribution in [-0.2, 0) is 6.54 Å². The van der Waals surface area contributed by atoms with E-state index < -0.39 is 5.97 Å². The van der Waals surface area contributed by atoms with Gasteiger partial charge in [-0.15, -0.1) is 11.3 Å². The summed E-state index contributed by atoms with van der Waals surface area (Å²) in [4.78, 5) is 11.3. The van der Waals surface area contributed by atoms with Gasteiger partial charge in [-0.2, -0.15) is 0 Å². The largest absolute Gasteiger partial charge is 0.477 e. The third kappa shape index (κ3) is 3.04. The van der Waals surface area contributed by atoms with Crippen molar-refractivity contribution >= 4 is 50.5 Å². The Hall–Kier alpha value is -1.04. The fraction of sp³-hybridized carbons (Fsp3) is 0.0833. The van der Waals surface area contributed by atoms with Crippen LogP contribution in [0.3, 0.4) is 0 Å². The summed E-state index contributed by atoms with van der Waals surface area (Å²) < 4.78 is 0.849. The minimum absolute atomic E-state index is 0.368.